The van der Waals surface area contributed by atoms with E-state index < -0.39 is 0 Å². The van der Waals surface area contributed by atoms with E-state index in [1.165, 1.54) is 57.8 Å². The van der Waals surface area contributed by atoms with Gasteiger partial charge in [-0.2, -0.15) is 0 Å². The summed E-state index contributed by atoms with van der Waals surface area (Å²) in [5.74, 6) is 3.76. The van der Waals surface area contributed by atoms with Crippen molar-refractivity contribution in [2.24, 2.45) is 23.7 Å². The Bertz CT molecular complexity index is 318. The third-order valence-electron chi connectivity index (χ3n) is 6.99. The van der Waals surface area contributed by atoms with Crippen molar-refractivity contribution in [1.29, 1.82) is 0 Å². The Morgan fingerprint density at radius 3 is 1.75 bits per heavy atom. The van der Waals surface area contributed by atoms with Crippen LogP contribution in [0.15, 0.2) is 0 Å². The Hall–Kier alpha value is -0.0800. The lowest BCUT2D eigenvalue weighted by atomic mass is 9.64. The third kappa shape index (κ3) is 2.54. The van der Waals surface area contributed by atoms with Gasteiger partial charge in [-0.3, -0.25) is 0 Å². The molecule has 5 aliphatic rings. The predicted octanol–water partition coefficient (Wildman–Crippen LogP) is 3.91. The van der Waals surface area contributed by atoms with Crippen LogP contribution < -0.4 is 0 Å². The van der Waals surface area contributed by atoms with E-state index in [0.717, 1.165) is 36.5 Å². The molecule has 3 unspecified atom stereocenters. The van der Waals surface area contributed by atoms with Crippen molar-refractivity contribution < 1.29 is 9.84 Å². The van der Waals surface area contributed by atoms with Gasteiger partial charge in [0.25, 0.3) is 0 Å². The highest BCUT2D eigenvalue weighted by molar-refractivity contribution is 4.94. The van der Waals surface area contributed by atoms with Crippen LogP contribution in [0.2, 0.25) is 0 Å². The molecule has 0 spiro atoms. The maximum absolute atomic E-state index is 9.66. The van der Waals surface area contributed by atoms with Gasteiger partial charge in [0.2, 0.25) is 0 Å². The normalized spacial score (nSPS) is 52.4. The van der Waals surface area contributed by atoms with Gasteiger partial charge < -0.3 is 9.84 Å². The summed E-state index contributed by atoms with van der Waals surface area (Å²) >= 11 is 0. The minimum Gasteiger partial charge on any atom is -0.393 e. The maximum Gasteiger partial charge on any atom is 0.0634 e. The van der Waals surface area contributed by atoms with Crippen LogP contribution in [0.4, 0.5) is 0 Å². The van der Waals surface area contributed by atoms with Crippen LogP contribution >= 0.6 is 0 Å². The molecule has 2 heterocycles. The first-order valence-electron chi connectivity index (χ1n) is 9.13. The Kier molecular flexibility index (Phi) is 3.80. The summed E-state index contributed by atoms with van der Waals surface area (Å²) in [5.41, 5.74) is 0. The molecule has 5 fully saturated rings. The lowest BCUT2D eigenvalue weighted by Gasteiger charge is -2.51. The second-order valence-corrected chi connectivity index (χ2v) is 8.02. The fourth-order valence-corrected chi connectivity index (χ4v) is 5.68. The number of fused-ring (bicyclic) bond motifs is 2. The average Bonchev–Trinajstić information content (AvgIpc) is 2.48. The van der Waals surface area contributed by atoms with Gasteiger partial charge in [-0.05, 0) is 87.9 Å². The van der Waals surface area contributed by atoms with Crippen LogP contribution in [0.1, 0.15) is 70.6 Å². The smallest absolute Gasteiger partial charge is 0.0634 e. The summed E-state index contributed by atoms with van der Waals surface area (Å²) in [7, 11) is 0. The molecule has 0 aromatic rings. The third-order valence-corrected chi connectivity index (χ3v) is 6.99. The summed E-state index contributed by atoms with van der Waals surface area (Å²) in [6.07, 6.45) is 16.0. The van der Waals surface area contributed by atoms with Crippen LogP contribution in [0.25, 0.3) is 0 Å². The fourth-order valence-electron chi connectivity index (χ4n) is 5.68. The number of aliphatic hydroxyl groups is 1. The monoisotopic (exact) mass is 278 g/mol. The minimum atomic E-state index is 0.00791. The fraction of sp³-hybridized carbons (Fsp3) is 1.00. The summed E-state index contributed by atoms with van der Waals surface area (Å²) in [5, 5.41) is 9.66. The Morgan fingerprint density at radius 2 is 1.20 bits per heavy atom. The van der Waals surface area contributed by atoms with E-state index >= 15 is 0 Å². The molecule has 1 N–H and O–H groups in total. The maximum atomic E-state index is 9.66. The number of rotatable bonds is 2. The molecule has 3 saturated carbocycles. The van der Waals surface area contributed by atoms with E-state index in [-0.39, 0.29) is 6.10 Å². The standard InChI is InChI=1S/C18H30O2/c19-15-7-5-13(6-8-15)12-1-3-14(4-2-12)17-10-9-16-11-18(17)20-16/h12-19H,1-11H2. The highest BCUT2D eigenvalue weighted by Crippen LogP contribution is 2.48. The van der Waals surface area contributed by atoms with Crippen molar-refractivity contribution in [2.45, 2.75) is 88.9 Å². The molecule has 5 rings (SSSR count). The molecular weight excluding hydrogens is 248 g/mol. The van der Waals surface area contributed by atoms with E-state index in [2.05, 4.69) is 0 Å². The highest BCUT2D eigenvalue weighted by Gasteiger charge is 2.45. The van der Waals surface area contributed by atoms with Crippen LogP contribution in [-0.2, 0) is 4.74 Å². The average molecular weight is 278 g/mol. The predicted molar refractivity (Wildman–Crippen MR) is 79.4 cm³/mol. The Morgan fingerprint density at radius 1 is 0.650 bits per heavy atom. The van der Waals surface area contributed by atoms with E-state index in [4.69, 9.17) is 4.74 Å². The van der Waals surface area contributed by atoms with Crippen LogP contribution in [0.3, 0.4) is 0 Å². The topological polar surface area (TPSA) is 29.5 Å². The number of hydrogen-bond donors (Lipinski definition) is 1. The zero-order valence-corrected chi connectivity index (χ0v) is 12.7. The minimum absolute atomic E-state index is 0.00791. The van der Waals surface area contributed by atoms with Crippen LogP contribution in [-0.4, -0.2) is 23.4 Å². The number of ether oxygens (including phenoxy) is 1. The molecule has 3 atom stereocenters. The van der Waals surface area contributed by atoms with Crippen LogP contribution in [0, 0.1) is 23.7 Å². The molecular formula is C18H30O2. The van der Waals surface area contributed by atoms with Gasteiger partial charge in [-0.15, -0.1) is 0 Å². The van der Waals surface area contributed by atoms with E-state index in [9.17, 15) is 5.11 Å². The van der Waals surface area contributed by atoms with Crippen molar-refractivity contribution in [1.82, 2.24) is 0 Å². The van der Waals surface area contributed by atoms with Gasteiger partial charge in [0.1, 0.15) is 0 Å². The zero-order chi connectivity index (χ0) is 13.5. The summed E-state index contributed by atoms with van der Waals surface area (Å²) < 4.78 is 5.97. The Balaban J connectivity index is 1.27. The van der Waals surface area contributed by atoms with Gasteiger partial charge in [0, 0.05) is 6.42 Å². The quantitative estimate of drug-likeness (QED) is 0.830. The molecule has 2 bridgehead atoms. The number of aliphatic hydroxyl groups excluding tert-OH is 1. The molecule has 3 aliphatic carbocycles. The van der Waals surface area contributed by atoms with Crippen molar-refractivity contribution in [2.75, 3.05) is 0 Å². The van der Waals surface area contributed by atoms with Crippen molar-refractivity contribution in [3.05, 3.63) is 0 Å². The molecule has 0 amide bonds. The molecule has 0 radical (unpaired) electrons. The lowest BCUT2D eigenvalue weighted by Crippen LogP contribution is -2.50. The molecule has 0 aromatic carbocycles. The number of hydrogen-bond acceptors (Lipinski definition) is 2. The van der Waals surface area contributed by atoms with Crippen LogP contribution in [0.5, 0.6) is 0 Å². The van der Waals surface area contributed by atoms with Crippen molar-refractivity contribution >= 4 is 0 Å². The molecule has 114 valence electrons. The second kappa shape index (κ2) is 5.61. The SMILES string of the molecule is OC1CCC(C2CCC(C3CCC4CC3O4)CC2)CC1. The Labute approximate surface area is 123 Å². The summed E-state index contributed by atoms with van der Waals surface area (Å²) in [6.45, 7) is 0. The largest absolute Gasteiger partial charge is 0.393 e. The van der Waals surface area contributed by atoms with Gasteiger partial charge >= 0.3 is 0 Å². The van der Waals surface area contributed by atoms with Gasteiger partial charge in [-0.25, -0.2) is 0 Å². The molecule has 2 nitrogen and oxygen atoms in total. The first-order valence-corrected chi connectivity index (χ1v) is 9.13. The summed E-state index contributed by atoms with van der Waals surface area (Å²) in [4.78, 5) is 0. The summed E-state index contributed by atoms with van der Waals surface area (Å²) in [6, 6.07) is 0. The lowest BCUT2D eigenvalue weighted by molar-refractivity contribution is -0.198. The molecule has 2 saturated heterocycles. The molecule has 0 aromatic heterocycles. The van der Waals surface area contributed by atoms with E-state index in [1.54, 1.807) is 0 Å². The molecule has 20 heavy (non-hydrogen) atoms. The first kappa shape index (κ1) is 13.6. The van der Waals surface area contributed by atoms with Crippen molar-refractivity contribution in [3.8, 4) is 0 Å². The van der Waals surface area contributed by atoms with Gasteiger partial charge in [0.15, 0.2) is 0 Å². The van der Waals surface area contributed by atoms with E-state index in [1.807, 2.05) is 0 Å². The van der Waals surface area contributed by atoms with Gasteiger partial charge in [0.05, 0.1) is 18.3 Å². The van der Waals surface area contributed by atoms with Crippen molar-refractivity contribution in [3.63, 3.8) is 0 Å². The molecule has 2 heteroatoms. The first-order chi connectivity index (χ1) is 9.79. The zero-order valence-electron chi connectivity index (χ0n) is 12.7. The van der Waals surface area contributed by atoms with Gasteiger partial charge in [-0.1, -0.05) is 0 Å². The highest BCUT2D eigenvalue weighted by atomic mass is 16.5. The van der Waals surface area contributed by atoms with E-state index in [0.29, 0.717) is 12.2 Å². The second-order valence-electron chi connectivity index (χ2n) is 8.02. The molecule has 2 aliphatic heterocycles.